The third-order valence-corrected chi connectivity index (χ3v) is 3.85. The molecule has 114 valence electrons. The van der Waals surface area contributed by atoms with Crippen LogP contribution < -0.4 is 10.1 Å². The molecule has 0 aliphatic heterocycles. The molecular weight excluding hydrogens is 248 g/mol. The van der Waals surface area contributed by atoms with Crippen molar-refractivity contribution in [2.24, 2.45) is 0 Å². The molecule has 0 spiro atoms. The Bertz CT molecular complexity index is 389. The van der Waals surface area contributed by atoms with Gasteiger partial charge in [0, 0.05) is 11.6 Å². The van der Waals surface area contributed by atoms with Gasteiger partial charge in [0.15, 0.2) is 0 Å². The van der Waals surface area contributed by atoms with Gasteiger partial charge in [-0.15, -0.1) is 0 Å². The van der Waals surface area contributed by atoms with Gasteiger partial charge in [0.1, 0.15) is 5.75 Å². The minimum atomic E-state index is 0.322. The molecule has 1 aromatic carbocycles. The van der Waals surface area contributed by atoms with Gasteiger partial charge in [0.2, 0.25) is 0 Å². The van der Waals surface area contributed by atoms with Crippen molar-refractivity contribution < 1.29 is 4.74 Å². The summed E-state index contributed by atoms with van der Waals surface area (Å²) in [5.41, 5.74) is 2.47. The van der Waals surface area contributed by atoms with Gasteiger partial charge in [0.25, 0.3) is 0 Å². The predicted octanol–water partition coefficient (Wildman–Crippen LogP) is 3.39. The Morgan fingerprint density at radius 3 is 2.55 bits per heavy atom. The molecule has 0 radical (unpaired) electrons. The largest absolute Gasteiger partial charge is 0.496 e. The number of nitrogens with one attached hydrogen (secondary N) is 1. The van der Waals surface area contributed by atoms with E-state index in [4.69, 9.17) is 4.74 Å². The van der Waals surface area contributed by atoms with Gasteiger partial charge in [-0.3, -0.25) is 0 Å². The summed E-state index contributed by atoms with van der Waals surface area (Å²) in [4.78, 5) is 2.46. The normalized spacial score (nSPS) is 12.7. The highest BCUT2D eigenvalue weighted by atomic mass is 16.5. The minimum Gasteiger partial charge on any atom is -0.496 e. The van der Waals surface area contributed by atoms with Crippen LogP contribution in [-0.2, 0) is 0 Å². The van der Waals surface area contributed by atoms with E-state index in [1.807, 2.05) is 0 Å². The molecule has 1 rings (SSSR count). The van der Waals surface area contributed by atoms with Gasteiger partial charge in [-0.25, -0.2) is 0 Å². The summed E-state index contributed by atoms with van der Waals surface area (Å²) >= 11 is 0. The van der Waals surface area contributed by atoms with Gasteiger partial charge >= 0.3 is 0 Å². The van der Waals surface area contributed by atoms with Crippen molar-refractivity contribution in [2.45, 2.75) is 40.2 Å². The van der Waals surface area contributed by atoms with Gasteiger partial charge < -0.3 is 15.0 Å². The smallest absolute Gasteiger partial charge is 0.123 e. The number of ether oxygens (including phenoxy) is 1. The Morgan fingerprint density at radius 1 is 1.25 bits per heavy atom. The first-order valence-corrected chi connectivity index (χ1v) is 7.72. The van der Waals surface area contributed by atoms with E-state index in [-0.39, 0.29) is 0 Å². The standard InChI is InChI=1S/C17H30N2O/c1-6-19(7-2)12-8-11-18-15(4)16-10-9-14(3)13-17(16)20-5/h9-10,13,15,18H,6-8,11-12H2,1-5H3. The molecule has 0 aromatic heterocycles. The third kappa shape index (κ3) is 5.14. The van der Waals surface area contributed by atoms with E-state index < -0.39 is 0 Å². The van der Waals surface area contributed by atoms with Crippen molar-refractivity contribution in [1.29, 1.82) is 0 Å². The first-order valence-electron chi connectivity index (χ1n) is 7.72. The Hall–Kier alpha value is -1.06. The second-order valence-electron chi connectivity index (χ2n) is 5.30. The Kier molecular flexibility index (Phi) is 7.63. The number of hydrogen-bond acceptors (Lipinski definition) is 3. The lowest BCUT2D eigenvalue weighted by Crippen LogP contribution is -2.28. The molecule has 0 fully saturated rings. The SMILES string of the molecule is CCN(CC)CCCNC(C)c1ccc(C)cc1OC. The van der Waals surface area contributed by atoms with Crippen LogP contribution in [0, 0.1) is 6.92 Å². The molecule has 1 unspecified atom stereocenters. The highest BCUT2D eigenvalue weighted by Gasteiger charge is 2.10. The predicted molar refractivity (Wildman–Crippen MR) is 86.6 cm³/mol. The Labute approximate surface area is 124 Å². The summed E-state index contributed by atoms with van der Waals surface area (Å²) in [7, 11) is 1.74. The fourth-order valence-corrected chi connectivity index (χ4v) is 2.45. The maximum absolute atomic E-state index is 5.48. The van der Waals surface area contributed by atoms with Crippen molar-refractivity contribution in [1.82, 2.24) is 10.2 Å². The molecule has 0 heterocycles. The zero-order valence-electron chi connectivity index (χ0n) is 13.7. The fourth-order valence-electron chi connectivity index (χ4n) is 2.45. The van der Waals surface area contributed by atoms with Crippen LogP contribution in [0.1, 0.15) is 44.4 Å². The lowest BCUT2D eigenvalue weighted by atomic mass is 10.0. The Morgan fingerprint density at radius 2 is 1.95 bits per heavy atom. The minimum absolute atomic E-state index is 0.322. The molecule has 0 amide bonds. The molecule has 1 N–H and O–H groups in total. The first-order chi connectivity index (χ1) is 9.62. The van der Waals surface area contributed by atoms with E-state index >= 15 is 0 Å². The highest BCUT2D eigenvalue weighted by Crippen LogP contribution is 2.25. The molecule has 0 aliphatic carbocycles. The molecular formula is C17H30N2O. The molecule has 20 heavy (non-hydrogen) atoms. The van der Waals surface area contributed by atoms with E-state index in [0.717, 1.165) is 31.9 Å². The van der Waals surface area contributed by atoms with Crippen molar-refractivity contribution >= 4 is 0 Å². The molecule has 0 bridgehead atoms. The summed E-state index contributed by atoms with van der Waals surface area (Å²) in [6, 6.07) is 6.73. The highest BCUT2D eigenvalue weighted by molar-refractivity contribution is 5.38. The maximum atomic E-state index is 5.48. The average Bonchev–Trinajstić information content (AvgIpc) is 2.47. The molecule has 3 heteroatoms. The number of nitrogens with zero attached hydrogens (tertiary/aromatic N) is 1. The lowest BCUT2D eigenvalue weighted by molar-refractivity contribution is 0.296. The Balaban J connectivity index is 2.45. The van der Waals surface area contributed by atoms with Crippen LogP contribution in [0.4, 0.5) is 0 Å². The number of benzene rings is 1. The van der Waals surface area contributed by atoms with Crippen LogP contribution in [0.5, 0.6) is 5.75 Å². The zero-order chi connectivity index (χ0) is 15.0. The molecule has 3 nitrogen and oxygen atoms in total. The second-order valence-corrected chi connectivity index (χ2v) is 5.30. The monoisotopic (exact) mass is 278 g/mol. The van der Waals surface area contributed by atoms with Crippen molar-refractivity contribution in [3.05, 3.63) is 29.3 Å². The number of aryl methyl sites for hydroxylation is 1. The van der Waals surface area contributed by atoms with E-state index in [9.17, 15) is 0 Å². The zero-order valence-corrected chi connectivity index (χ0v) is 13.7. The number of hydrogen-bond donors (Lipinski definition) is 1. The third-order valence-electron chi connectivity index (χ3n) is 3.85. The summed E-state index contributed by atoms with van der Waals surface area (Å²) in [6.45, 7) is 13.2. The van der Waals surface area contributed by atoms with E-state index in [0.29, 0.717) is 6.04 Å². The van der Waals surface area contributed by atoms with Crippen LogP contribution in [-0.4, -0.2) is 38.2 Å². The summed E-state index contributed by atoms with van der Waals surface area (Å²) in [5, 5.41) is 3.59. The van der Waals surface area contributed by atoms with Crippen LogP contribution in [0.3, 0.4) is 0 Å². The molecule has 0 saturated heterocycles. The van der Waals surface area contributed by atoms with E-state index in [2.05, 4.69) is 56.1 Å². The molecule has 1 atom stereocenters. The quantitative estimate of drug-likeness (QED) is 0.701. The van der Waals surface area contributed by atoms with Crippen LogP contribution in [0.15, 0.2) is 18.2 Å². The van der Waals surface area contributed by atoms with Crippen molar-refractivity contribution in [3.8, 4) is 5.75 Å². The van der Waals surface area contributed by atoms with Crippen LogP contribution in [0.2, 0.25) is 0 Å². The molecule has 1 aromatic rings. The van der Waals surface area contributed by atoms with E-state index in [1.54, 1.807) is 7.11 Å². The van der Waals surface area contributed by atoms with Crippen molar-refractivity contribution in [2.75, 3.05) is 33.3 Å². The molecule has 0 saturated carbocycles. The second kappa shape index (κ2) is 8.98. The van der Waals surface area contributed by atoms with Crippen LogP contribution in [0.25, 0.3) is 0 Å². The van der Waals surface area contributed by atoms with Gasteiger partial charge in [-0.1, -0.05) is 26.0 Å². The van der Waals surface area contributed by atoms with Crippen LogP contribution >= 0.6 is 0 Å². The topological polar surface area (TPSA) is 24.5 Å². The summed E-state index contributed by atoms with van der Waals surface area (Å²) < 4.78 is 5.48. The van der Waals surface area contributed by atoms with Gasteiger partial charge in [0.05, 0.1) is 7.11 Å². The fraction of sp³-hybridized carbons (Fsp3) is 0.647. The number of rotatable bonds is 9. The molecule has 0 aliphatic rings. The summed E-state index contributed by atoms with van der Waals surface area (Å²) in [5.74, 6) is 0.980. The number of methoxy groups -OCH3 is 1. The summed E-state index contributed by atoms with van der Waals surface area (Å²) in [6.07, 6.45) is 1.18. The lowest BCUT2D eigenvalue weighted by Gasteiger charge is -2.20. The maximum Gasteiger partial charge on any atom is 0.123 e. The van der Waals surface area contributed by atoms with E-state index in [1.165, 1.54) is 17.5 Å². The first kappa shape index (κ1) is 17.0. The van der Waals surface area contributed by atoms with Crippen molar-refractivity contribution in [3.63, 3.8) is 0 Å². The van der Waals surface area contributed by atoms with Gasteiger partial charge in [-0.05, 0) is 58.1 Å². The average molecular weight is 278 g/mol. The van der Waals surface area contributed by atoms with Gasteiger partial charge in [-0.2, -0.15) is 0 Å².